The van der Waals surface area contributed by atoms with Gasteiger partial charge in [0.1, 0.15) is 23.1 Å². The third kappa shape index (κ3) is 12.2. The summed E-state index contributed by atoms with van der Waals surface area (Å²) in [5.74, 6) is 1.99. The summed E-state index contributed by atoms with van der Waals surface area (Å²) in [5, 5.41) is 6.70. The van der Waals surface area contributed by atoms with Gasteiger partial charge in [-0.1, -0.05) is 113 Å². The van der Waals surface area contributed by atoms with Gasteiger partial charge in [-0.2, -0.15) is 0 Å². The van der Waals surface area contributed by atoms with Crippen LogP contribution in [0.3, 0.4) is 0 Å². The first-order valence-corrected chi connectivity index (χ1v) is 19.3. The van der Waals surface area contributed by atoms with E-state index in [0.29, 0.717) is 23.1 Å². The van der Waals surface area contributed by atoms with Crippen molar-refractivity contribution in [3.05, 3.63) is 107 Å². The molecule has 3 aromatic carbocycles. The molecule has 0 bridgehead atoms. The topological polar surface area (TPSA) is 128 Å². The molecule has 0 atom stereocenters. The Labute approximate surface area is 339 Å². The maximum absolute atomic E-state index is 11.8. The molecule has 57 heavy (non-hydrogen) atoms. The zero-order valence-electron chi connectivity index (χ0n) is 36.4. The van der Waals surface area contributed by atoms with Crippen LogP contribution in [0.1, 0.15) is 125 Å². The lowest BCUT2D eigenvalue weighted by Gasteiger charge is -2.30. The van der Waals surface area contributed by atoms with Gasteiger partial charge in [0, 0.05) is 53.0 Å². The van der Waals surface area contributed by atoms with Gasteiger partial charge in [-0.25, -0.2) is 9.97 Å². The fraction of sp³-hybridized carbons (Fsp3) is 0.404. The number of nitrogens with one attached hydrogen (secondary N) is 2. The number of anilines is 4. The van der Waals surface area contributed by atoms with Crippen LogP contribution in [-0.2, 0) is 31.2 Å². The Hall–Kier alpha value is -5.64. The third-order valence-electron chi connectivity index (χ3n) is 8.95. The van der Waals surface area contributed by atoms with Crippen molar-refractivity contribution in [1.82, 2.24) is 19.9 Å². The summed E-state index contributed by atoms with van der Waals surface area (Å²) in [7, 11) is 0. The first kappa shape index (κ1) is 44.1. The zero-order valence-corrected chi connectivity index (χ0v) is 36.4. The molecule has 0 spiro atoms. The van der Waals surface area contributed by atoms with Crippen LogP contribution < -0.4 is 20.1 Å². The summed E-state index contributed by atoms with van der Waals surface area (Å²) in [4.78, 5) is 41.3. The van der Waals surface area contributed by atoms with E-state index < -0.39 is 0 Å². The second-order valence-electron chi connectivity index (χ2n) is 18.4. The van der Waals surface area contributed by atoms with Gasteiger partial charge in [-0.15, -0.1) is 0 Å². The van der Waals surface area contributed by atoms with Crippen LogP contribution in [-0.4, -0.2) is 31.9 Å². The molecule has 0 aliphatic rings. The first-order chi connectivity index (χ1) is 26.3. The van der Waals surface area contributed by atoms with E-state index in [1.54, 1.807) is 24.8 Å². The molecule has 0 radical (unpaired) electrons. The molecule has 0 aliphatic heterocycles. The number of nitrogens with zero attached hydrogens (tertiary/aromatic N) is 4. The number of benzene rings is 3. The Morgan fingerprint density at radius 1 is 0.509 bits per heavy atom. The van der Waals surface area contributed by atoms with Crippen LogP contribution in [0.25, 0.3) is 11.3 Å². The molecule has 0 fully saturated rings. The summed E-state index contributed by atoms with van der Waals surface area (Å²) < 4.78 is 11.4. The number of carbonyl (C=O) groups excluding carboxylic acids is 2. The van der Waals surface area contributed by atoms with Gasteiger partial charge in [-0.3, -0.25) is 19.6 Å². The quantitative estimate of drug-likeness (QED) is 0.122. The molecule has 2 heterocycles. The Kier molecular flexibility index (Phi) is 13.3. The van der Waals surface area contributed by atoms with Crippen LogP contribution in [0.4, 0.5) is 23.0 Å². The van der Waals surface area contributed by atoms with Crippen molar-refractivity contribution >= 4 is 34.9 Å². The van der Waals surface area contributed by atoms with Gasteiger partial charge < -0.3 is 20.1 Å². The molecule has 0 saturated heterocycles. The third-order valence-corrected chi connectivity index (χ3v) is 8.95. The fourth-order valence-corrected chi connectivity index (χ4v) is 6.04. The highest BCUT2D eigenvalue weighted by Crippen LogP contribution is 2.44. The highest BCUT2D eigenvalue weighted by Gasteiger charge is 2.30. The Bertz CT molecular complexity index is 2100. The summed E-state index contributed by atoms with van der Waals surface area (Å²) in [6.07, 6.45) is 6.93. The van der Waals surface area contributed by atoms with Crippen LogP contribution >= 0.6 is 0 Å². The summed E-state index contributed by atoms with van der Waals surface area (Å²) in [5.41, 5.74) is 7.55. The molecule has 10 heteroatoms. The molecule has 2 N–H and O–H groups in total. The minimum atomic E-state index is -0.320. The van der Waals surface area contributed by atoms with Crippen LogP contribution in [0, 0.1) is 6.92 Å². The van der Waals surface area contributed by atoms with E-state index in [2.05, 4.69) is 114 Å². The van der Waals surface area contributed by atoms with Crippen LogP contribution in [0.15, 0.2) is 79.4 Å². The van der Waals surface area contributed by atoms with Crippen molar-refractivity contribution in [2.45, 2.75) is 126 Å². The van der Waals surface area contributed by atoms with E-state index >= 15 is 0 Å². The predicted octanol–water partition coefficient (Wildman–Crippen LogP) is 11.5. The van der Waals surface area contributed by atoms with Crippen molar-refractivity contribution in [3.8, 4) is 22.8 Å². The van der Waals surface area contributed by atoms with Gasteiger partial charge in [0.15, 0.2) is 0 Å². The molecule has 2 aromatic heterocycles. The molecule has 10 nitrogen and oxygen atoms in total. The predicted molar refractivity (Wildman–Crippen MR) is 231 cm³/mol. The van der Waals surface area contributed by atoms with Gasteiger partial charge in [0.25, 0.3) is 0 Å². The van der Waals surface area contributed by atoms with Crippen LogP contribution in [0.2, 0.25) is 0 Å². The van der Waals surface area contributed by atoms with Crippen molar-refractivity contribution in [1.29, 1.82) is 0 Å². The number of ether oxygens (including phenoxy) is 2. The molecule has 302 valence electrons. The summed E-state index contributed by atoms with van der Waals surface area (Å²) in [6.45, 7) is 30.1. The zero-order chi connectivity index (χ0) is 42.5. The van der Waals surface area contributed by atoms with E-state index in [-0.39, 0.29) is 33.6 Å². The van der Waals surface area contributed by atoms with Crippen molar-refractivity contribution in [2.75, 3.05) is 10.6 Å². The van der Waals surface area contributed by atoms with E-state index in [4.69, 9.17) is 9.47 Å². The van der Waals surface area contributed by atoms with E-state index in [1.165, 1.54) is 13.8 Å². The average Bonchev–Trinajstić information content (AvgIpc) is 3.09. The van der Waals surface area contributed by atoms with Crippen LogP contribution in [0.5, 0.6) is 11.5 Å². The number of aryl methyl sites for hydroxylation is 1. The maximum Gasteiger partial charge on any atom is 0.308 e. The van der Waals surface area contributed by atoms with E-state index in [9.17, 15) is 9.59 Å². The molecule has 0 saturated carbocycles. The molecule has 0 unspecified atom stereocenters. The van der Waals surface area contributed by atoms with Gasteiger partial charge >= 0.3 is 11.9 Å². The normalized spacial score (nSPS) is 11.9. The Morgan fingerprint density at radius 3 is 1.18 bits per heavy atom. The van der Waals surface area contributed by atoms with E-state index in [1.807, 2.05) is 61.5 Å². The monoisotopic (exact) mass is 772 g/mol. The van der Waals surface area contributed by atoms with Gasteiger partial charge in [0.2, 0.25) is 0 Å². The summed E-state index contributed by atoms with van der Waals surface area (Å²) >= 11 is 0. The summed E-state index contributed by atoms with van der Waals surface area (Å²) in [6, 6.07) is 18.1. The molecule has 0 amide bonds. The molecule has 0 aliphatic carbocycles. The van der Waals surface area contributed by atoms with Gasteiger partial charge in [0.05, 0.1) is 36.2 Å². The number of aromatic nitrogens is 4. The lowest BCUT2D eigenvalue weighted by Crippen LogP contribution is -2.21. The molecular weight excluding hydrogens is 713 g/mol. The van der Waals surface area contributed by atoms with Crippen molar-refractivity contribution in [2.24, 2.45) is 0 Å². The van der Waals surface area contributed by atoms with Crippen molar-refractivity contribution < 1.29 is 19.1 Å². The minimum Gasteiger partial charge on any atom is -0.426 e. The Balaban J connectivity index is 0.000000257. The highest BCUT2D eigenvalue weighted by atomic mass is 16.5. The lowest BCUT2D eigenvalue weighted by atomic mass is 9.79. The standard InChI is InChI=1S/C26H31N3O2.C21H29N3O2/c1-17(30)31-24-20(25(2,3)4)13-19(14-21(24)26(5,6)7)29-23-16-27-22(15-28-23)18-11-9-8-10-12-18;1-13-11-23-18(12-22-13)24-15-9-16(20(3,4)5)19(26-14(2)25)17(10-15)21(6,7)8/h8-16H,1-7H3,(H,28,29);9-12H,1-8H3,(H,23,24). The first-order valence-electron chi connectivity index (χ1n) is 19.3. The van der Waals surface area contributed by atoms with Crippen molar-refractivity contribution in [3.63, 3.8) is 0 Å². The second-order valence-corrected chi connectivity index (χ2v) is 18.4. The average molecular weight is 773 g/mol. The minimum absolute atomic E-state index is 0.193. The fourth-order valence-electron chi connectivity index (χ4n) is 6.04. The maximum atomic E-state index is 11.8. The van der Waals surface area contributed by atoms with Gasteiger partial charge in [-0.05, 0) is 52.8 Å². The lowest BCUT2D eigenvalue weighted by molar-refractivity contribution is -0.133. The largest absolute Gasteiger partial charge is 0.426 e. The Morgan fingerprint density at radius 2 is 0.877 bits per heavy atom. The molecule has 5 rings (SSSR count). The number of hydrogen-bond acceptors (Lipinski definition) is 10. The molecule has 5 aromatic rings. The number of carbonyl (C=O) groups is 2. The second kappa shape index (κ2) is 17.2. The molecular formula is C47H60N6O4. The smallest absolute Gasteiger partial charge is 0.308 e. The number of esters is 2. The number of hydrogen-bond donors (Lipinski definition) is 2. The SMILES string of the molecule is CC(=O)Oc1c(C(C)(C)C)cc(Nc2cnc(-c3ccccc3)cn2)cc1C(C)(C)C.CC(=O)Oc1c(C(C)(C)C)cc(Nc2cnc(C)cn2)cc1C(C)(C)C. The van der Waals surface area contributed by atoms with E-state index in [0.717, 1.165) is 50.6 Å². The highest BCUT2D eigenvalue weighted by molar-refractivity contribution is 5.74. The number of rotatable bonds is 7.